The Balaban J connectivity index is 1.76. The zero-order chi connectivity index (χ0) is 21.7. The normalized spacial score (nSPS) is 16.0. The summed E-state index contributed by atoms with van der Waals surface area (Å²) in [7, 11) is 0. The van der Waals surface area contributed by atoms with Gasteiger partial charge in [0.2, 0.25) is 0 Å². The first kappa shape index (κ1) is 18.4. The average Bonchev–Trinajstić information content (AvgIpc) is 3.26. The summed E-state index contributed by atoms with van der Waals surface area (Å²) in [6.45, 7) is 0. The Kier molecular flexibility index (Phi) is 4.07. The molecular formula is C25H17N5O2. The molecule has 154 valence electrons. The van der Waals surface area contributed by atoms with Gasteiger partial charge in [0.15, 0.2) is 0 Å². The van der Waals surface area contributed by atoms with E-state index >= 15 is 0 Å². The predicted molar refractivity (Wildman–Crippen MR) is 123 cm³/mol. The third-order valence-corrected chi connectivity index (χ3v) is 5.82. The number of aromatic nitrogens is 5. The van der Waals surface area contributed by atoms with Crippen LogP contribution in [0.15, 0.2) is 79.4 Å². The number of hydrogen-bond acceptors (Lipinski definition) is 5. The lowest BCUT2D eigenvalue weighted by atomic mass is 9.99. The van der Waals surface area contributed by atoms with Crippen molar-refractivity contribution in [3.63, 3.8) is 0 Å². The third-order valence-electron chi connectivity index (χ3n) is 5.82. The molecule has 5 aromatic rings. The van der Waals surface area contributed by atoms with Gasteiger partial charge in [-0.3, -0.25) is 24.3 Å². The van der Waals surface area contributed by atoms with Crippen molar-refractivity contribution in [2.75, 3.05) is 0 Å². The van der Waals surface area contributed by atoms with E-state index in [4.69, 9.17) is 4.98 Å². The van der Waals surface area contributed by atoms with Crippen LogP contribution in [0.25, 0.3) is 49.9 Å². The van der Waals surface area contributed by atoms with Gasteiger partial charge in [0.25, 0.3) is 0 Å². The summed E-state index contributed by atoms with van der Waals surface area (Å²) in [6, 6.07) is 11.7. The zero-order valence-electron chi connectivity index (χ0n) is 16.9. The van der Waals surface area contributed by atoms with E-state index in [-0.39, 0.29) is 0 Å². The summed E-state index contributed by atoms with van der Waals surface area (Å²) in [6.07, 6.45) is 13.0. The minimum absolute atomic E-state index is 0.419. The lowest BCUT2D eigenvalue weighted by Crippen LogP contribution is -2.13. The number of imidazole rings is 1. The summed E-state index contributed by atoms with van der Waals surface area (Å²) in [5.41, 5.74) is 5.16. The number of hydrogen-bond donors (Lipinski definition) is 1. The van der Waals surface area contributed by atoms with Crippen LogP contribution >= 0.6 is 0 Å². The molecule has 1 unspecified atom stereocenters. The number of nitrogens with zero attached hydrogens (tertiary/aromatic N) is 5. The number of benzene rings is 1. The Hall–Kier alpha value is -4.39. The fourth-order valence-corrected chi connectivity index (χ4v) is 4.33. The van der Waals surface area contributed by atoms with E-state index < -0.39 is 11.9 Å². The van der Waals surface area contributed by atoms with E-state index in [1.807, 2.05) is 48.6 Å². The van der Waals surface area contributed by atoms with Gasteiger partial charge >= 0.3 is 5.97 Å². The lowest BCUT2D eigenvalue weighted by Gasteiger charge is -2.17. The molecule has 1 aliphatic carbocycles. The molecule has 7 nitrogen and oxygen atoms in total. The monoisotopic (exact) mass is 419 g/mol. The van der Waals surface area contributed by atoms with Gasteiger partial charge in [0.1, 0.15) is 5.82 Å². The molecule has 0 aliphatic heterocycles. The minimum atomic E-state index is -0.826. The quantitative estimate of drug-likeness (QED) is 0.426. The summed E-state index contributed by atoms with van der Waals surface area (Å²) in [4.78, 5) is 29.9. The standard InChI is InChI=1S/C25H17N5O2/c31-25(32)16-5-7-17(8-6-16)30-23-19-4-2-12-28-21(19)20-18(3-1-11-27-20)22(23)29-24(30)15-9-13-26-14-10-15/h1-5,7-14,16H,6H2,(H,31,32). The van der Waals surface area contributed by atoms with E-state index in [0.29, 0.717) is 6.42 Å². The summed E-state index contributed by atoms with van der Waals surface area (Å²) >= 11 is 0. The SMILES string of the molecule is O=C(O)C1C=CC(n2c(-c3ccncc3)nc3c4cccnc4c4ncccc4c32)=CC1. The van der Waals surface area contributed by atoms with Crippen LogP contribution < -0.4 is 0 Å². The fourth-order valence-electron chi connectivity index (χ4n) is 4.33. The van der Waals surface area contributed by atoms with Crippen molar-refractivity contribution in [2.45, 2.75) is 6.42 Å². The Labute approximate surface area is 182 Å². The first-order valence-electron chi connectivity index (χ1n) is 10.3. The van der Waals surface area contributed by atoms with Crippen LogP contribution in [0.5, 0.6) is 0 Å². The molecule has 0 amide bonds. The molecule has 4 heterocycles. The molecule has 7 heteroatoms. The Morgan fingerprint density at radius 2 is 1.66 bits per heavy atom. The molecule has 6 rings (SSSR count). The van der Waals surface area contributed by atoms with Crippen LogP contribution in [0.3, 0.4) is 0 Å². The smallest absolute Gasteiger partial charge is 0.310 e. The van der Waals surface area contributed by atoms with Crippen LogP contribution in [0.4, 0.5) is 0 Å². The average molecular weight is 419 g/mol. The molecule has 1 aliphatic rings. The second-order valence-electron chi connectivity index (χ2n) is 7.67. The van der Waals surface area contributed by atoms with Crippen molar-refractivity contribution in [3.8, 4) is 11.4 Å². The fraction of sp³-hybridized carbons (Fsp3) is 0.0800. The van der Waals surface area contributed by atoms with Crippen LogP contribution in [-0.2, 0) is 4.79 Å². The van der Waals surface area contributed by atoms with E-state index in [9.17, 15) is 9.90 Å². The van der Waals surface area contributed by atoms with Crippen molar-refractivity contribution in [2.24, 2.45) is 5.92 Å². The topological polar surface area (TPSA) is 93.8 Å². The molecule has 1 N–H and O–H groups in total. The molecule has 0 bridgehead atoms. The second-order valence-corrected chi connectivity index (χ2v) is 7.67. The number of allylic oxidation sites excluding steroid dienone is 3. The minimum Gasteiger partial charge on any atom is -0.481 e. The van der Waals surface area contributed by atoms with Crippen LogP contribution in [0.2, 0.25) is 0 Å². The van der Waals surface area contributed by atoms with E-state index in [1.54, 1.807) is 30.9 Å². The maximum Gasteiger partial charge on any atom is 0.310 e. The van der Waals surface area contributed by atoms with Gasteiger partial charge in [0, 0.05) is 46.8 Å². The number of carboxylic acid groups (broad SMARTS) is 1. The molecule has 0 saturated heterocycles. The number of carboxylic acids is 1. The maximum absolute atomic E-state index is 11.4. The summed E-state index contributed by atoms with van der Waals surface area (Å²) in [5, 5.41) is 11.3. The van der Waals surface area contributed by atoms with E-state index in [1.165, 1.54) is 0 Å². The Morgan fingerprint density at radius 3 is 2.34 bits per heavy atom. The van der Waals surface area contributed by atoms with Gasteiger partial charge in [-0.25, -0.2) is 4.98 Å². The number of fused-ring (bicyclic) bond motifs is 6. The number of pyridine rings is 3. The van der Waals surface area contributed by atoms with Crippen molar-refractivity contribution in [1.82, 2.24) is 24.5 Å². The van der Waals surface area contributed by atoms with E-state index in [0.717, 1.165) is 49.9 Å². The Bertz CT molecular complexity index is 1580. The molecule has 1 atom stereocenters. The van der Waals surface area contributed by atoms with Crippen LogP contribution in [-0.4, -0.2) is 35.6 Å². The van der Waals surface area contributed by atoms with Gasteiger partial charge in [-0.2, -0.15) is 0 Å². The Morgan fingerprint density at radius 1 is 0.938 bits per heavy atom. The lowest BCUT2D eigenvalue weighted by molar-refractivity contribution is -0.139. The van der Waals surface area contributed by atoms with Crippen LogP contribution in [0.1, 0.15) is 6.42 Å². The molecule has 0 spiro atoms. The number of aliphatic carboxylic acids is 1. The highest BCUT2D eigenvalue weighted by molar-refractivity contribution is 6.22. The van der Waals surface area contributed by atoms with E-state index in [2.05, 4.69) is 19.5 Å². The molecule has 0 radical (unpaired) electrons. The predicted octanol–water partition coefficient (Wildman–Crippen LogP) is 4.70. The number of rotatable bonds is 3. The summed E-state index contributed by atoms with van der Waals surface area (Å²) in [5.74, 6) is -0.594. The van der Waals surface area contributed by atoms with Gasteiger partial charge in [-0.15, -0.1) is 0 Å². The summed E-state index contributed by atoms with van der Waals surface area (Å²) < 4.78 is 2.09. The zero-order valence-corrected chi connectivity index (χ0v) is 16.9. The van der Waals surface area contributed by atoms with Crippen molar-refractivity contribution < 1.29 is 9.90 Å². The van der Waals surface area contributed by atoms with Gasteiger partial charge < -0.3 is 5.11 Å². The largest absolute Gasteiger partial charge is 0.481 e. The highest BCUT2D eigenvalue weighted by Gasteiger charge is 2.23. The van der Waals surface area contributed by atoms with Gasteiger partial charge in [-0.05, 0) is 48.9 Å². The third kappa shape index (κ3) is 2.71. The van der Waals surface area contributed by atoms with Gasteiger partial charge in [0.05, 0.1) is 28.0 Å². The van der Waals surface area contributed by atoms with Crippen LogP contribution in [0, 0.1) is 5.92 Å². The molecule has 1 aromatic carbocycles. The maximum atomic E-state index is 11.4. The first-order valence-corrected chi connectivity index (χ1v) is 10.3. The highest BCUT2D eigenvalue weighted by Crippen LogP contribution is 2.38. The van der Waals surface area contributed by atoms with Crippen molar-refractivity contribution in [1.29, 1.82) is 0 Å². The first-order chi connectivity index (χ1) is 15.7. The molecule has 0 saturated carbocycles. The molecule has 4 aromatic heterocycles. The molecule has 32 heavy (non-hydrogen) atoms. The second kappa shape index (κ2) is 7.09. The molecular weight excluding hydrogens is 402 g/mol. The highest BCUT2D eigenvalue weighted by atomic mass is 16.4. The molecule has 0 fully saturated rings. The van der Waals surface area contributed by atoms with Gasteiger partial charge in [-0.1, -0.05) is 12.2 Å². The van der Waals surface area contributed by atoms with Crippen molar-refractivity contribution >= 4 is 44.5 Å². The number of carbonyl (C=O) groups is 1. The van der Waals surface area contributed by atoms with Crippen molar-refractivity contribution in [3.05, 3.63) is 79.4 Å².